The van der Waals surface area contributed by atoms with Gasteiger partial charge in [-0.3, -0.25) is 0 Å². The largest absolute Gasteiger partial charge is 0.496 e. The molecular formula is C15H23NO. The molecular weight excluding hydrogens is 210 g/mol. The third kappa shape index (κ3) is 2.06. The summed E-state index contributed by atoms with van der Waals surface area (Å²) in [5.41, 5.74) is 4.29. The third-order valence-corrected chi connectivity index (χ3v) is 4.02. The topological polar surface area (TPSA) is 21.3 Å². The van der Waals surface area contributed by atoms with E-state index in [1.54, 1.807) is 7.11 Å². The van der Waals surface area contributed by atoms with Crippen LogP contribution in [0, 0.1) is 13.8 Å². The fourth-order valence-corrected chi connectivity index (χ4v) is 3.10. The first kappa shape index (κ1) is 12.4. The van der Waals surface area contributed by atoms with Gasteiger partial charge in [-0.15, -0.1) is 0 Å². The SMILES string of the molecule is CNCC1(c2cc(C)cc(C)c2OC)CCC1. The van der Waals surface area contributed by atoms with Crippen molar-refractivity contribution in [2.75, 3.05) is 20.7 Å². The second-order valence-corrected chi connectivity index (χ2v) is 5.33. The lowest BCUT2D eigenvalue weighted by Gasteiger charge is -2.43. The van der Waals surface area contributed by atoms with Gasteiger partial charge in [0.25, 0.3) is 0 Å². The van der Waals surface area contributed by atoms with Gasteiger partial charge in [0.1, 0.15) is 5.75 Å². The smallest absolute Gasteiger partial charge is 0.125 e. The second kappa shape index (κ2) is 4.69. The van der Waals surface area contributed by atoms with Gasteiger partial charge < -0.3 is 10.1 Å². The number of rotatable bonds is 4. The van der Waals surface area contributed by atoms with E-state index in [-0.39, 0.29) is 0 Å². The molecule has 1 saturated carbocycles. The third-order valence-electron chi connectivity index (χ3n) is 4.02. The molecule has 0 atom stereocenters. The van der Waals surface area contributed by atoms with Crippen molar-refractivity contribution in [2.24, 2.45) is 0 Å². The average Bonchev–Trinajstić information content (AvgIpc) is 2.22. The van der Waals surface area contributed by atoms with Crippen molar-refractivity contribution < 1.29 is 4.74 Å². The molecule has 0 heterocycles. The lowest BCUT2D eigenvalue weighted by Crippen LogP contribution is -2.43. The minimum Gasteiger partial charge on any atom is -0.496 e. The van der Waals surface area contributed by atoms with Crippen LogP contribution in [0.2, 0.25) is 0 Å². The average molecular weight is 233 g/mol. The zero-order valence-corrected chi connectivity index (χ0v) is 11.4. The number of hydrogen-bond acceptors (Lipinski definition) is 2. The molecule has 1 N–H and O–H groups in total. The number of hydrogen-bond donors (Lipinski definition) is 1. The molecule has 1 aliphatic rings. The molecule has 2 rings (SSSR count). The van der Waals surface area contributed by atoms with Gasteiger partial charge in [0.05, 0.1) is 7.11 Å². The van der Waals surface area contributed by atoms with E-state index in [9.17, 15) is 0 Å². The molecule has 0 aromatic heterocycles. The lowest BCUT2D eigenvalue weighted by molar-refractivity contribution is 0.230. The summed E-state index contributed by atoms with van der Waals surface area (Å²) in [6, 6.07) is 4.51. The van der Waals surface area contributed by atoms with Crippen LogP contribution >= 0.6 is 0 Å². The predicted octanol–water partition coefficient (Wildman–Crippen LogP) is 2.95. The van der Waals surface area contributed by atoms with Gasteiger partial charge >= 0.3 is 0 Å². The lowest BCUT2D eigenvalue weighted by atomic mass is 9.63. The predicted molar refractivity (Wildman–Crippen MR) is 71.9 cm³/mol. The second-order valence-electron chi connectivity index (χ2n) is 5.33. The summed E-state index contributed by atoms with van der Waals surface area (Å²) in [5.74, 6) is 1.09. The molecule has 2 nitrogen and oxygen atoms in total. The van der Waals surface area contributed by atoms with Crippen molar-refractivity contribution in [3.63, 3.8) is 0 Å². The summed E-state index contributed by atoms with van der Waals surface area (Å²) in [4.78, 5) is 0. The quantitative estimate of drug-likeness (QED) is 0.863. The summed E-state index contributed by atoms with van der Waals surface area (Å²) in [7, 11) is 3.82. The molecule has 1 fully saturated rings. The molecule has 0 aliphatic heterocycles. The van der Waals surface area contributed by atoms with Gasteiger partial charge in [0, 0.05) is 17.5 Å². The molecule has 0 saturated heterocycles. The van der Waals surface area contributed by atoms with Crippen molar-refractivity contribution in [3.05, 3.63) is 28.8 Å². The number of benzene rings is 1. The van der Waals surface area contributed by atoms with Crippen molar-refractivity contribution >= 4 is 0 Å². The molecule has 0 amide bonds. The molecule has 1 aliphatic carbocycles. The molecule has 1 aromatic carbocycles. The fraction of sp³-hybridized carbons (Fsp3) is 0.600. The Labute approximate surface area is 104 Å². The van der Waals surface area contributed by atoms with Crippen LogP contribution in [0.15, 0.2) is 12.1 Å². The number of nitrogens with one attached hydrogen (secondary N) is 1. The number of likely N-dealkylation sites (N-methyl/N-ethyl adjacent to an activating group) is 1. The highest BCUT2D eigenvalue weighted by Gasteiger charge is 2.40. The van der Waals surface area contributed by atoms with E-state index in [0.29, 0.717) is 5.41 Å². The van der Waals surface area contributed by atoms with E-state index in [4.69, 9.17) is 4.74 Å². The first-order valence-corrected chi connectivity index (χ1v) is 6.43. The van der Waals surface area contributed by atoms with Crippen LogP contribution in [0.5, 0.6) is 5.75 Å². The molecule has 1 aromatic rings. The number of ether oxygens (including phenoxy) is 1. The van der Waals surface area contributed by atoms with Crippen molar-refractivity contribution in [3.8, 4) is 5.75 Å². The maximum atomic E-state index is 5.63. The first-order chi connectivity index (χ1) is 8.13. The summed E-state index contributed by atoms with van der Waals surface area (Å²) in [6.07, 6.45) is 3.87. The normalized spacial score (nSPS) is 17.6. The van der Waals surface area contributed by atoms with Gasteiger partial charge in [-0.05, 0) is 39.3 Å². The van der Waals surface area contributed by atoms with Crippen LogP contribution in [0.4, 0.5) is 0 Å². The highest BCUT2D eigenvalue weighted by atomic mass is 16.5. The zero-order chi connectivity index (χ0) is 12.5. The molecule has 0 radical (unpaired) electrons. The number of aryl methyl sites for hydroxylation is 2. The Hall–Kier alpha value is -1.02. The van der Waals surface area contributed by atoms with Gasteiger partial charge in [-0.25, -0.2) is 0 Å². The maximum Gasteiger partial charge on any atom is 0.125 e. The van der Waals surface area contributed by atoms with E-state index in [1.807, 2.05) is 7.05 Å². The Morgan fingerprint density at radius 2 is 2.00 bits per heavy atom. The molecule has 2 heteroatoms. The van der Waals surface area contributed by atoms with Crippen LogP contribution in [0.25, 0.3) is 0 Å². The number of methoxy groups -OCH3 is 1. The van der Waals surface area contributed by atoms with E-state index in [0.717, 1.165) is 12.3 Å². The minimum atomic E-state index is 0.302. The molecule has 94 valence electrons. The van der Waals surface area contributed by atoms with Crippen molar-refractivity contribution in [1.29, 1.82) is 0 Å². The van der Waals surface area contributed by atoms with Gasteiger partial charge in [0.15, 0.2) is 0 Å². The zero-order valence-electron chi connectivity index (χ0n) is 11.4. The molecule has 0 bridgehead atoms. The Balaban J connectivity index is 2.49. The summed E-state index contributed by atoms with van der Waals surface area (Å²) in [6.45, 7) is 5.36. The molecule has 0 spiro atoms. The Morgan fingerprint density at radius 3 is 2.47 bits per heavy atom. The summed E-state index contributed by atoms with van der Waals surface area (Å²) in [5, 5.41) is 3.34. The highest BCUT2D eigenvalue weighted by Crippen LogP contribution is 2.47. The monoisotopic (exact) mass is 233 g/mol. The standard InChI is InChI=1S/C15H23NO/c1-11-8-12(2)14(17-4)13(9-11)15(10-16-3)6-5-7-15/h8-9,16H,5-7,10H2,1-4H3. The van der Waals surface area contributed by atoms with Gasteiger partial charge in [-0.1, -0.05) is 24.1 Å². The minimum absolute atomic E-state index is 0.302. The Morgan fingerprint density at radius 1 is 1.29 bits per heavy atom. The Kier molecular flexibility index (Phi) is 3.43. The van der Waals surface area contributed by atoms with E-state index in [2.05, 4.69) is 31.3 Å². The Bertz CT molecular complexity index is 408. The van der Waals surface area contributed by atoms with Gasteiger partial charge in [-0.2, -0.15) is 0 Å². The molecule has 17 heavy (non-hydrogen) atoms. The summed E-state index contributed by atoms with van der Waals surface area (Å²) >= 11 is 0. The van der Waals surface area contributed by atoms with Crippen LogP contribution in [-0.2, 0) is 5.41 Å². The van der Waals surface area contributed by atoms with Crippen LogP contribution < -0.4 is 10.1 Å². The molecule has 0 unspecified atom stereocenters. The fourth-order valence-electron chi connectivity index (χ4n) is 3.10. The maximum absolute atomic E-state index is 5.63. The van der Waals surface area contributed by atoms with Crippen LogP contribution in [-0.4, -0.2) is 20.7 Å². The van der Waals surface area contributed by atoms with Crippen molar-refractivity contribution in [2.45, 2.75) is 38.5 Å². The first-order valence-electron chi connectivity index (χ1n) is 6.43. The van der Waals surface area contributed by atoms with E-state index < -0.39 is 0 Å². The van der Waals surface area contributed by atoms with Crippen LogP contribution in [0.3, 0.4) is 0 Å². The van der Waals surface area contributed by atoms with Gasteiger partial charge in [0.2, 0.25) is 0 Å². The highest BCUT2D eigenvalue weighted by molar-refractivity contribution is 5.49. The van der Waals surface area contributed by atoms with E-state index >= 15 is 0 Å². The van der Waals surface area contributed by atoms with Crippen LogP contribution in [0.1, 0.15) is 36.0 Å². The van der Waals surface area contributed by atoms with E-state index in [1.165, 1.54) is 36.0 Å². The summed E-state index contributed by atoms with van der Waals surface area (Å²) < 4.78 is 5.63. The van der Waals surface area contributed by atoms with Crippen molar-refractivity contribution in [1.82, 2.24) is 5.32 Å².